The summed E-state index contributed by atoms with van der Waals surface area (Å²) in [7, 11) is 0. The third kappa shape index (κ3) is 3.73. The summed E-state index contributed by atoms with van der Waals surface area (Å²) in [6, 6.07) is 3.26. The molecular weight excluding hydrogens is 310 g/mol. The fourth-order valence-corrected chi connectivity index (χ4v) is 2.22. The first kappa shape index (κ1) is 17.9. The number of aliphatic hydroxyl groups is 1. The molecule has 2 aromatic rings. The van der Waals surface area contributed by atoms with Gasteiger partial charge in [-0.05, 0) is 26.0 Å². The fraction of sp³-hybridized carbons (Fsp3) is 0.471. The average Bonchev–Trinajstić information content (AvgIpc) is 2.98. The van der Waals surface area contributed by atoms with Gasteiger partial charge in [-0.1, -0.05) is 20.8 Å². The second-order valence-corrected chi connectivity index (χ2v) is 7.06. The summed E-state index contributed by atoms with van der Waals surface area (Å²) in [5, 5.41) is 12.9. The quantitative estimate of drug-likeness (QED) is 0.788. The number of carbonyl (C=O) groups is 1. The van der Waals surface area contributed by atoms with E-state index in [1.54, 1.807) is 19.1 Å². The smallest absolute Gasteiger partial charge is 0.264 e. The van der Waals surface area contributed by atoms with Crippen molar-refractivity contribution in [1.29, 1.82) is 0 Å². The summed E-state index contributed by atoms with van der Waals surface area (Å²) in [4.78, 5) is 31.6. The van der Waals surface area contributed by atoms with Gasteiger partial charge in [-0.3, -0.25) is 9.59 Å². The molecule has 0 bridgehead atoms. The molecule has 7 heteroatoms. The molecule has 2 aromatic heterocycles. The number of rotatable bonds is 4. The zero-order chi connectivity index (χ0) is 18.1. The third-order valence-electron chi connectivity index (χ3n) is 3.68. The molecule has 0 aliphatic rings. The van der Waals surface area contributed by atoms with Crippen molar-refractivity contribution in [2.24, 2.45) is 0 Å². The van der Waals surface area contributed by atoms with Gasteiger partial charge in [-0.15, -0.1) is 0 Å². The highest BCUT2D eigenvalue weighted by molar-refractivity contribution is 5.94. The molecule has 0 fully saturated rings. The first-order valence-corrected chi connectivity index (χ1v) is 7.68. The van der Waals surface area contributed by atoms with Gasteiger partial charge >= 0.3 is 0 Å². The van der Waals surface area contributed by atoms with Crippen LogP contribution in [0.5, 0.6) is 0 Å². The number of aromatic nitrogens is 2. The summed E-state index contributed by atoms with van der Waals surface area (Å²) in [5.41, 5.74) is -1.92. The predicted octanol–water partition coefficient (Wildman–Crippen LogP) is 1.61. The summed E-state index contributed by atoms with van der Waals surface area (Å²) in [6.07, 6.45) is 1.44. The van der Waals surface area contributed by atoms with Crippen LogP contribution >= 0.6 is 0 Å². The normalized spacial score (nSPS) is 14.2. The monoisotopic (exact) mass is 333 g/mol. The van der Waals surface area contributed by atoms with Gasteiger partial charge in [0.15, 0.2) is 0 Å². The Morgan fingerprint density at radius 1 is 1.38 bits per heavy atom. The Morgan fingerprint density at radius 2 is 2.04 bits per heavy atom. The second kappa shape index (κ2) is 6.24. The minimum atomic E-state index is -1.38. The van der Waals surface area contributed by atoms with E-state index in [9.17, 15) is 14.7 Å². The van der Waals surface area contributed by atoms with Crippen molar-refractivity contribution >= 4 is 5.91 Å². The molecule has 24 heavy (non-hydrogen) atoms. The van der Waals surface area contributed by atoms with Gasteiger partial charge in [0.2, 0.25) is 0 Å². The Labute approximate surface area is 140 Å². The van der Waals surface area contributed by atoms with Gasteiger partial charge in [0, 0.05) is 5.41 Å². The molecule has 0 spiro atoms. The van der Waals surface area contributed by atoms with Crippen molar-refractivity contribution in [3.8, 4) is 0 Å². The third-order valence-corrected chi connectivity index (χ3v) is 3.68. The van der Waals surface area contributed by atoms with Crippen LogP contribution in [0.4, 0.5) is 0 Å². The summed E-state index contributed by atoms with van der Waals surface area (Å²) < 4.78 is 5.16. The van der Waals surface area contributed by atoms with E-state index in [0.717, 1.165) is 0 Å². The largest absolute Gasteiger partial charge is 0.466 e. The van der Waals surface area contributed by atoms with Crippen LogP contribution in [0.25, 0.3) is 0 Å². The number of hydrogen-bond donors (Lipinski definition) is 3. The highest BCUT2D eigenvalue weighted by Gasteiger charge is 2.28. The van der Waals surface area contributed by atoms with Crippen LogP contribution in [-0.4, -0.2) is 27.5 Å². The Morgan fingerprint density at radius 3 is 2.54 bits per heavy atom. The number of nitrogens with one attached hydrogen (secondary N) is 2. The molecule has 130 valence electrons. The van der Waals surface area contributed by atoms with Crippen LogP contribution in [-0.2, 0) is 11.0 Å². The van der Waals surface area contributed by atoms with Crippen molar-refractivity contribution in [3.05, 3.63) is 51.6 Å². The number of nitrogens with zero attached hydrogens (tertiary/aromatic N) is 1. The standard InChI is InChI=1S/C17H23N3O4/c1-10-12(14(22)20-15(19-10)16(2,3)4)13(21)18-9-17(5,23)11-7-6-8-24-11/h6-8,23H,9H2,1-5H3,(H,18,21)(H,19,20,22). The number of aromatic amines is 1. The molecule has 1 unspecified atom stereocenters. The average molecular weight is 333 g/mol. The van der Waals surface area contributed by atoms with E-state index in [4.69, 9.17) is 4.42 Å². The van der Waals surface area contributed by atoms with Crippen molar-refractivity contribution in [1.82, 2.24) is 15.3 Å². The van der Waals surface area contributed by atoms with E-state index in [2.05, 4.69) is 15.3 Å². The maximum Gasteiger partial charge on any atom is 0.264 e. The van der Waals surface area contributed by atoms with Crippen LogP contribution in [0.3, 0.4) is 0 Å². The van der Waals surface area contributed by atoms with Gasteiger partial charge in [0.1, 0.15) is 22.7 Å². The van der Waals surface area contributed by atoms with Crippen molar-refractivity contribution < 1.29 is 14.3 Å². The van der Waals surface area contributed by atoms with Crippen molar-refractivity contribution in [2.45, 2.75) is 45.6 Å². The van der Waals surface area contributed by atoms with Crippen molar-refractivity contribution in [3.63, 3.8) is 0 Å². The summed E-state index contributed by atoms with van der Waals surface area (Å²) in [5.74, 6) is 0.257. The van der Waals surface area contributed by atoms with Gasteiger partial charge in [0.25, 0.3) is 11.5 Å². The lowest BCUT2D eigenvalue weighted by Gasteiger charge is -2.21. The molecule has 1 atom stereocenters. The molecule has 0 saturated heterocycles. The predicted molar refractivity (Wildman–Crippen MR) is 88.9 cm³/mol. The highest BCUT2D eigenvalue weighted by Crippen LogP contribution is 2.20. The molecule has 0 aliphatic heterocycles. The number of furan rings is 1. The van der Waals surface area contributed by atoms with Crippen LogP contribution in [0.2, 0.25) is 0 Å². The number of carbonyl (C=O) groups excluding carboxylic acids is 1. The van der Waals surface area contributed by atoms with Crippen LogP contribution < -0.4 is 10.9 Å². The molecule has 0 saturated carbocycles. The topological polar surface area (TPSA) is 108 Å². The van der Waals surface area contributed by atoms with Crippen molar-refractivity contribution in [2.75, 3.05) is 6.54 Å². The first-order valence-electron chi connectivity index (χ1n) is 7.68. The fourth-order valence-electron chi connectivity index (χ4n) is 2.22. The Balaban J connectivity index is 2.20. The Kier molecular flexibility index (Phi) is 4.66. The zero-order valence-corrected chi connectivity index (χ0v) is 14.6. The SMILES string of the molecule is Cc1nc(C(C)(C)C)[nH]c(=O)c1C(=O)NCC(C)(O)c1ccco1. The summed E-state index contributed by atoms with van der Waals surface area (Å²) >= 11 is 0. The summed E-state index contributed by atoms with van der Waals surface area (Å²) in [6.45, 7) is 8.80. The van der Waals surface area contributed by atoms with Gasteiger partial charge in [-0.25, -0.2) is 4.98 Å². The number of H-pyrrole nitrogens is 1. The number of aryl methyl sites for hydroxylation is 1. The molecule has 7 nitrogen and oxygen atoms in total. The first-order chi connectivity index (χ1) is 11.0. The molecule has 1 amide bonds. The van der Waals surface area contributed by atoms with E-state index in [1.807, 2.05) is 20.8 Å². The molecule has 2 rings (SSSR count). The molecular formula is C17H23N3O4. The van der Waals surface area contributed by atoms with Crippen LogP contribution in [0.15, 0.2) is 27.6 Å². The lowest BCUT2D eigenvalue weighted by Crippen LogP contribution is -2.41. The van der Waals surface area contributed by atoms with E-state index < -0.39 is 17.1 Å². The van der Waals surface area contributed by atoms with Gasteiger partial charge in [-0.2, -0.15) is 0 Å². The minimum absolute atomic E-state index is 0.0572. The molecule has 0 aromatic carbocycles. The Bertz CT molecular complexity index is 783. The lowest BCUT2D eigenvalue weighted by molar-refractivity contribution is 0.0330. The lowest BCUT2D eigenvalue weighted by atomic mass is 9.95. The van der Waals surface area contributed by atoms with E-state index in [0.29, 0.717) is 17.3 Å². The maximum atomic E-state index is 12.4. The zero-order valence-electron chi connectivity index (χ0n) is 14.6. The van der Waals surface area contributed by atoms with Gasteiger partial charge in [0.05, 0.1) is 18.5 Å². The number of hydrogen-bond acceptors (Lipinski definition) is 5. The maximum absolute atomic E-state index is 12.4. The van der Waals surface area contributed by atoms with Crippen LogP contribution in [0.1, 0.15) is 55.3 Å². The Hall–Kier alpha value is -2.41. The van der Waals surface area contributed by atoms with Crippen LogP contribution in [0, 0.1) is 6.92 Å². The molecule has 0 aliphatic carbocycles. The second-order valence-electron chi connectivity index (χ2n) is 7.06. The van der Waals surface area contributed by atoms with E-state index >= 15 is 0 Å². The molecule has 3 N–H and O–H groups in total. The highest BCUT2D eigenvalue weighted by atomic mass is 16.4. The number of amides is 1. The minimum Gasteiger partial charge on any atom is -0.466 e. The molecule has 2 heterocycles. The van der Waals surface area contributed by atoms with Gasteiger partial charge < -0.3 is 19.8 Å². The molecule has 0 radical (unpaired) electrons. The van der Waals surface area contributed by atoms with E-state index in [1.165, 1.54) is 13.2 Å². The van der Waals surface area contributed by atoms with E-state index in [-0.39, 0.29) is 17.5 Å².